The van der Waals surface area contributed by atoms with Crippen LogP contribution in [0.3, 0.4) is 0 Å². The predicted molar refractivity (Wildman–Crippen MR) is 70.3 cm³/mol. The molecule has 1 rings (SSSR count). The third-order valence-corrected chi connectivity index (χ3v) is 2.96. The van der Waals surface area contributed by atoms with Crippen LogP contribution in [-0.4, -0.2) is 46.7 Å². The summed E-state index contributed by atoms with van der Waals surface area (Å²) in [5.74, 6) is 1.09. The third kappa shape index (κ3) is 4.14. The Balaban J connectivity index is 2.30. The zero-order chi connectivity index (χ0) is 13.5. The van der Waals surface area contributed by atoms with E-state index in [0.717, 1.165) is 25.2 Å². The number of aromatic nitrogens is 2. The lowest BCUT2D eigenvalue weighted by Gasteiger charge is -2.21. The fraction of sp³-hybridized carbons (Fsp3) is 0.692. The second-order valence-corrected chi connectivity index (χ2v) is 4.42. The van der Waals surface area contributed by atoms with E-state index < -0.39 is 0 Å². The summed E-state index contributed by atoms with van der Waals surface area (Å²) >= 11 is 0. The van der Waals surface area contributed by atoms with Crippen LogP contribution in [-0.2, 0) is 23.0 Å². The van der Waals surface area contributed by atoms with Gasteiger partial charge in [-0.3, -0.25) is 4.79 Å². The molecule has 1 amide bonds. The van der Waals surface area contributed by atoms with Crippen molar-refractivity contribution in [3.05, 3.63) is 18.2 Å². The van der Waals surface area contributed by atoms with Crippen LogP contribution in [0.25, 0.3) is 0 Å². The predicted octanol–water partition coefficient (Wildman–Crippen LogP) is 1.24. The van der Waals surface area contributed by atoms with Crippen molar-refractivity contribution in [2.75, 3.05) is 20.2 Å². The largest absolute Gasteiger partial charge is 0.369 e. The van der Waals surface area contributed by atoms with E-state index in [1.807, 2.05) is 31.8 Å². The van der Waals surface area contributed by atoms with Gasteiger partial charge in [0.05, 0.1) is 0 Å². The first-order valence-electron chi connectivity index (χ1n) is 6.39. The van der Waals surface area contributed by atoms with Gasteiger partial charge in [-0.1, -0.05) is 0 Å². The van der Waals surface area contributed by atoms with Crippen molar-refractivity contribution in [1.29, 1.82) is 0 Å². The van der Waals surface area contributed by atoms with Gasteiger partial charge in [-0.15, -0.1) is 0 Å². The van der Waals surface area contributed by atoms with Crippen LogP contribution in [0.15, 0.2) is 12.4 Å². The number of ether oxygens (including phenoxy) is 1. The lowest BCUT2D eigenvalue weighted by atomic mass is 10.2. The van der Waals surface area contributed by atoms with Crippen LogP contribution in [0.2, 0.25) is 0 Å². The maximum Gasteiger partial charge on any atom is 0.251 e. The van der Waals surface area contributed by atoms with Crippen LogP contribution in [0.5, 0.6) is 0 Å². The van der Waals surface area contributed by atoms with Crippen LogP contribution in [0.1, 0.15) is 26.1 Å². The summed E-state index contributed by atoms with van der Waals surface area (Å²) in [5, 5.41) is 0. The van der Waals surface area contributed by atoms with Crippen LogP contribution >= 0.6 is 0 Å². The van der Waals surface area contributed by atoms with Gasteiger partial charge in [-0.05, 0) is 20.3 Å². The number of aryl methyl sites for hydroxylation is 2. The van der Waals surface area contributed by atoms with Gasteiger partial charge in [0, 0.05) is 46.1 Å². The maximum atomic E-state index is 11.9. The van der Waals surface area contributed by atoms with Gasteiger partial charge in [-0.2, -0.15) is 0 Å². The van der Waals surface area contributed by atoms with Crippen molar-refractivity contribution in [3.8, 4) is 0 Å². The minimum Gasteiger partial charge on any atom is -0.369 e. The molecule has 18 heavy (non-hydrogen) atoms. The number of likely N-dealkylation sites (N-methyl/N-ethyl adjacent to an activating group) is 1. The number of amides is 1. The molecule has 0 N–H and O–H groups in total. The number of rotatable bonds is 7. The van der Waals surface area contributed by atoms with Gasteiger partial charge in [0.1, 0.15) is 11.9 Å². The Morgan fingerprint density at radius 2 is 2.33 bits per heavy atom. The van der Waals surface area contributed by atoms with Crippen LogP contribution in [0, 0.1) is 0 Å². The molecule has 1 atom stereocenters. The first-order chi connectivity index (χ1) is 8.56. The summed E-state index contributed by atoms with van der Waals surface area (Å²) in [6.45, 7) is 4.98. The molecule has 0 saturated carbocycles. The maximum absolute atomic E-state index is 11.9. The molecule has 0 bridgehead atoms. The van der Waals surface area contributed by atoms with Crippen LogP contribution < -0.4 is 0 Å². The zero-order valence-corrected chi connectivity index (χ0v) is 11.7. The Hall–Kier alpha value is -1.36. The molecule has 0 unspecified atom stereocenters. The summed E-state index contributed by atoms with van der Waals surface area (Å²) in [5.41, 5.74) is 0. The molecule has 1 aromatic heterocycles. The van der Waals surface area contributed by atoms with Gasteiger partial charge in [-0.25, -0.2) is 4.98 Å². The summed E-state index contributed by atoms with van der Waals surface area (Å²) in [4.78, 5) is 17.9. The smallest absolute Gasteiger partial charge is 0.251 e. The summed E-state index contributed by atoms with van der Waals surface area (Å²) in [7, 11) is 3.80. The van der Waals surface area contributed by atoms with Crippen molar-refractivity contribution in [3.63, 3.8) is 0 Å². The normalized spacial score (nSPS) is 12.4. The minimum absolute atomic E-state index is 0.0386. The molecule has 0 fully saturated rings. The van der Waals surface area contributed by atoms with Gasteiger partial charge in [0.25, 0.3) is 5.91 Å². The van der Waals surface area contributed by atoms with Crippen molar-refractivity contribution in [2.24, 2.45) is 7.05 Å². The molecule has 0 aliphatic rings. The Labute approximate surface area is 109 Å². The Bertz CT molecular complexity index is 376. The van der Waals surface area contributed by atoms with E-state index in [1.54, 1.807) is 18.0 Å². The highest BCUT2D eigenvalue weighted by molar-refractivity contribution is 5.80. The third-order valence-electron chi connectivity index (χ3n) is 2.96. The summed E-state index contributed by atoms with van der Waals surface area (Å²) in [6.07, 6.45) is 5.16. The highest BCUT2D eigenvalue weighted by Gasteiger charge is 2.16. The molecule has 1 aromatic rings. The first kappa shape index (κ1) is 14.7. The van der Waals surface area contributed by atoms with Gasteiger partial charge < -0.3 is 14.2 Å². The molecule has 5 heteroatoms. The number of carbonyl (C=O) groups is 1. The van der Waals surface area contributed by atoms with E-state index >= 15 is 0 Å². The van der Waals surface area contributed by atoms with Crippen molar-refractivity contribution in [1.82, 2.24) is 14.5 Å². The molecule has 0 saturated heterocycles. The van der Waals surface area contributed by atoms with Crippen LogP contribution in [0.4, 0.5) is 0 Å². The topological polar surface area (TPSA) is 47.4 Å². The molecular formula is C13H23N3O2. The lowest BCUT2D eigenvalue weighted by Crippen LogP contribution is -2.37. The number of nitrogens with zero attached hydrogens (tertiary/aromatic N) is 3. The highest BCUT2D eigenvalue weighted by atomic mass is 16.5. The van der Waals surface area contributed by atoms with Gasteiger partial charge in [0.15, 0.2) is 0 Å². The fourth-order valence-corrected chi connectivity index (χ4v) is 1.85. The second kappa shape index (κ2) is 7.16. The molecule has 0 aromatic carbocycles. The highest BCUT2D eigenvalue weighted by Crippen LogP contribution is 2.02. The lowest BCUT2D eigenvalue weighted by molar-refractivity contribution is -0.141. The molecule has 0 spiro atoms. The first-order valence-corrected chi connectivity index (χ1v) is 6.39. The zero-order valence-electron chi connectivity index (χ0n) is 11.7. The number of carbonyl (C=O) groups excluding carboxylic acids is 1. The van der Waals surface area contributed by atoms with Crippen molar-refractivity contribution >= 4 is 5.91 Å². The van der Waals surface area contributed by atoms with Gasteiger partial charge >= 0.3 is 0 Å². The number of imidazole rings is 1. The molecule has 1 heterocycles. The van der Waals surface area contributed by atoms with E-state index in [2.05, 4.69) is 4.98 Å². The number of hydrogen-bond acceptors (Lipinski definition) is 3. The SMILES string of the molecule is CCO[C@H](C)C(=O)N(C)CCCc1nccn1C. The van der Waals surface area contributed by atoms with E-state index in [4.69, 9.17) is 4.74 Å². The average Bonchev–Trinajstić information content (AvgIpc) is 2.74. The van der Waals surface area contributed by atoms with Crippen molar-refractivity contribution < 1.29 is 9.53 Å². The Morgan fingerprint density at radius 3 is 2.89 bits per heavy atom. The molecule has 0 aliphatic carbocycles. The fourth-order valence-electron chi connectivity index (χ4n) is 1.85. The second-order valence-electron chi connectivity index (χ2n) is 4.42. The minimum atomic E-state index is -0.354. The summed E-state index contributed by atoms with van der Waals surface area (Å²) in [6, 6.07) is 0. The Morgan fingerprint density at radius 1 is 1.61 bits per heavy atom. The van der Waals surface area contributed by atoms with E-state index in [0.29, 0.717) is 6.61 Å². The quantitative estimate of drug-likeness (QED) is 0.734. The molecule has 102 valence electrons. The van der Waals surface area contributed by atoms with E-state index in [1.165, 1.54) is 0 Å². The van der Waals surface area contributed by atoms with Crippen molar-refractivity contribution in [2.45, 2.75) is 32.8 Å². The Kier molecular flexibility index (Phi) is 5.85. The van der Waals surface area contributed by atoms with Gasteiger partial charge in [0.2, 0.25) is 0 Å². The standard InChI is InChI=1S/C13H23N3O2/c1-5-18-11(2)13(17)16(4)9-6-7-12-14-8-10-15(12)3/h8,10-11H,5-7,9H2,1-4H3/t11-/m1/s1. The average molecular weight is 253 g/mol. The molecule has 0 aliphatic heterocycles. The van der Waals surface area contributed by atoms with E-state index in [9.17, 15) is 4.79 Å². The van der Waals surface area contributed by atoms with E-state index in [-0.39, 0.29) is 12.0 Å². The monoisotopic (exact) mass is 253 g/mol. The molecule has 5 nitrogen and oxygen atoms in total. The summed E-state index contributed by atoms with van der Waals surface area (Å²) < 4.78 is 7.29. The number of hydrogen-bond donors (Lipinski definition) is 0. The molecular weight excluding hydrogens is 230 g/mol. The molecule has 0 radical (unpaired) electrons.